The van der Waals surface area contributed by atoms with E-state index in [1.807, 2.05) is 0 Å². The molecule has 0 heterocycles. The number of hydrogen-bond acceptors (Lipinski definition) is 1. The van der Waals surface area contributed by atoms with Crippen molar-refractivity contribution >= 4 is 5.91 Å². The van der Waals surface area contributed by atoms with Gasteiger partial charge in [-0.15, -0.1) is 0 Å². The Labute approximate surface area is 110 Å². The number of carbonyl (C=O) groups excluding carboxylic acids is 1. The average molecular weight is 245 g/mol. The van der Waals surface area contributed by atoms with Crippen LogP contribution in [-0.2, 0) is 4.79 Å². The summed E-state index contributed by atoms with van der Waals surface area (Å²) in [6.45, 7) is 6.25. The maximum Gasteiger partial charge on any atom is 0.220 e. The lowest BCUT2D eigenvalue weighted by Crippen LogP contribution is -2.30. The summed E-state index contributed by atoms with van der Waals surface area (Å²) in [5.41, 5.74) is 2.52. The Kier molecular flexibility index (Phi) is 4.05. The first kappa shape index (κ1) is 13.1. The van der Waals surface area contributed by atoms with E-state index in [4.69, 9.17) is 0 Å². The maximum absolute atomic E-state index is 11.9. The third-order valence-corrected chi connectivity index (χ3v) is 3.44. The zero-order chi connectivity index (χ0) is 13.1. The molecule has 2 heteroatoms. The van der Waals surface area contributed by atoms with Gasteiger partial charge in [-0.3, -0.25) is 4.79 Å². The Morgan fingerprint density at radius 3 is 2.39 bits per heavy atom. The highest BCUT2D eigenvalue weighted by molar-refractivity contribution is 5.76. The van der Waals surface area contributed by atoms with E-state index >= 15 is 0 Å². The number of carbonyl (C=O) groups is 1. The smallest absolute Gasteiger partial charge is 0.220 e. The van der Waals surface area contributed by atoms with Gasteiger partial charge in [0.25, 0.3) is 0 Å². The molecule has 1 N–H and O–H groups in total. The van der Waals surface area contributed by atoms with Crippen molar-refractivity contribution in [3.63, 3.8) is 0 Å². The maximum atomic E-state index is 11.9. The van der Waals surface area contributed by atoms with E-state index in [-0.39, 0.29) is 11.9 Å². The van der Waals surface area contributed by atoms with E-state index in [0.717, 1.165) is 0 Å². The second-order valence-electron chi connectivity index (χ2n) is 5.89. The molecule has 0 spiro atoms. The van der Waals surface area contributed by atoms with Gasteiger partial charge in [-0.1, -0.05) is 43.7 Å². The fourth-order valence-corrected chi connectivity index (χ4v) is 2.28. The molecule has 1 fully saturated rings. The van der Waals surface area contributed by atoms with Crippen LogP contribution in [0.5, 0.6) is 0 Å². The fourth-order valence-electron chi connectivity index (χ4n) is 2.28. The molecule has 1 aromatic rings. The second-order valence-corrected chi connectivity index (χ2v) is 5.89. The van der Waals surface area contributed by atoms with Crippen molar-refractivity contribution in [3.8, 4) is 0 Å². The summed E-state index contributed by atoms with van der Waals surface area (Å²) in [6, 6.07) is 8.76. The molecule has 98 valence electrons. The van der Waals surface area contributed by atoms with E-state index in [0.29, 0.717) is 18.3 Å². The van der Waals surface area contributed by atoms with Gasteiger partial charge in [0.1, 0.15) is 0 Å². The van der Waals surface area contributed by atoms with Crippen molar-refractivity contribution in [2.45, 2.75) is 46.1 Å². The molecule has 2 nitrogen and oxygen atoms in total. The summed E-state index contributed by atoms with van der Waals surface area (Å²) in [5, 5.41) is 3.21. The molecule has 0 aromatic heterocycles. The van der Waals surface area contributed by atoms with Crippen LogP contribution in [0.15, 0.2) is 24.3 Å². The van der Waals surface area contributed by atoms with E-state index in [1.54, 1.807) is 0 Å². The van der Waals surface area contributed by atoms with Crippen LogP contribution in [0.4, 0.5) is 0 Å². The predicted octanol–water partition coefficient (Wildman–Crippen LogP) is 3.61. The monoisotopic (exact) mass is 245 g/mol. The molecule has 0 radical (unpaired) electrons. The van der Waals surface area contributed by atoms with Crippen LogP contribution in [0.2, 0.25) is 0 Å². The molecule has 1 amide bonds. The Morgan fingerprint density at radius 2 is 1.89 bits per heavy atom. The van der Waals surface area contributed by atoms with Gasteiger partial charge in [-0.25, -0.2) is 0 Å². The summed E-state index contributed by atoms with van der Waals surface area (Å²) in [7, 11) is 0. The topological polar surface area (TPSA) is 29.1 Å². The third-order valence-electron chi connectivity index (χ3n) is 3.44. The number of amides is 1. The zero-order valence-corrected chi connectivity index (χ0v) is 11.6. The van der Waals surface area contributed by atoms with E-state index in [1.165, 1.54) is 24.0 Å². The molecule has 0 aliphatic heterocycles. The lowest BCUT2D eigenvalue weighted by molar-refractivity contribution is -0.122. The lowest BCUT2D eigenvalue weighted by Gasteiger charge is -2.19. The molecule has 1 aliphatic carbocycles. The highest BCUT2D eigenvalue weighted by atomic mass is 16.1. The van der Waals surface area contributed by atoms with Crippen molar-refractivity contribution in [2.24, 2.45) is 11.8 Å². The molecule has 1 aliphatic rings. The summed E-state index contributed by atoms with van der Waals surface area (Å²) >= 11 is 0. The molecule has 2 rings (SSSR count). The number of hydrogen-bond donors (Lipinski definition) is 1. The quantitative estimate of drug-likeness (QED) is 0.843. The fraction of sp³-hybridized carbons (Fsp3) is 0.562. The molecule has 1 saturated carbocycles. The van der Waals surface area contributed by atoms with Gasteiger partial charge in [-0.05, 0) is 37.2 Å². The molecule has 1 unspecified atom stereocenters. The highest BCUT2D eigenvalue weighted by Gasteiger charge is 2.33. The first-order valence-corrected chi connectivity index (χ1v) is 6.92. The van der Waals surface area contributed by atoms with Gasteiger partial charge in [0.15, 0.2) is 0 Å². The van der Waals surface area contributed by atoms with E-state index < -0.39 is 0 Å². The average Bonchev–Trinajstić information content (AvgIpc) is 3.10. The van der Waals surface area contributed by atoms with E-state index in [9.17, 15) is 4.79 Å². The molecule has 0 saturated heterocycles. The highest BCUT2D eigenvalue weighted by Crippen LogP contribution is 2.41. The van der Waals surface area contributed by atoms with Gasteiger partial charge in [-0.2, -0.15) is 0 Å². The minimum absolute atomic E-state index is 0.183. The first-order chi connectivity index (χ1) is 8.56. The Bertz CT molecular complexity index is 404. The van der Waals surface area contributed by atoms with Crippen molar-refractivity contribution in [1.82, 2.24) is 5.32 Å². The van der Waals surface area contributed by atoms with Gasteiger partial charge in [0, 0.05) is 6.42 Å². The molecule has 18 heavy (non-hydrogen) atoms. The van der Waals surface area contributed by atoms with Gasteiger partial charge in [0.05, 0.1) is 6.04 Å². The minimum atomic E-state index is 0.183. The molecule has 1 aromatic carbocycles. The normalized spacial score (nSPS) is 16.7. The van der Waals surface area contributed by atoms with Gasteiger partial charge in [0.2, 0.25) is 5.91 Å². The standard InChI is InChI=1S/C16H23NO/c1-11(2)10-15(18)17-16(14-8-9-14)13-6-4-12(3)5-7-13/h4-7,11,14,16H,8-10H2,1-3H3,(H,17,18). The van der Waals surface area contributed by atoms with Crippen LogP contribution in [0, 0.1) is 18.8 Å². The zero-order valence-electron chi connectivity index (χ0n) is 11.6. The number of nitrogens with one attached hydrogen (secondary N) is 1. The van der Waals surface area contributed by atoms with Gasteiger partial charge >= 0.3 is 0 Å². The number of aryl methyl sites for hydroxylation is 1. The number of rotatable bonds is 5. The Hall–Kier alpha value is -1.31. The van der Waals surface area contributed by atoms with Crippen LogP contribution in [0.25, 0.3) is 0 Å². The SMILES string of the molecule is Cc1ccc(C(NC(=O)CC(C)C)C2CC2)cc1. The Balaban J connectivity index is 2.04. The van der Waals surface area contributed by atoms with Crippen LogP contribution in [0.3, 0.4) is 0 Å². The van der Waals surface area contributed by atoms with Crippen molar-refractivity contribution < 1.29 is 4.79 Å². The number of benzene rings is 1. The first-order valence-electron chi connectivity index (χ1n) is 6.92. The summed E-state index contributed by atoms with van der Waals surface area (Å²) in [5.74, 6) is 1.24. The summed E-state index contributed by atoms with van der Waals surface area (Å²) < 4.78 is 0. The van der Waals surface area contributed by atoms with Gasteiger partial charge < -0.3 is 5.32 Å². The predicted molar refractivity (Wildman–Crippen MR) is 74.2 cm³/mol. The lowest BCUT2D eigenvalue weighted by atomic mass is 10.0. The molecular weight excluding hydrogens is 222 g/mol. The molecule has 0 bridgehead atoms. The van der Waals surface area contributed by atoms with Crippen LogP contribution >= 0.6 is 0 Å². The summed E-state index contributed by atoms with van der Waals surface area (Å²) in [6.07, 6.45) is 3.09. The van der Waals surface area contributed by atoms with Crippen molar-refractivity contribution in [2.75, 3.05) is 0 Å². The van der Waals surface area contributed by atoms with Crippen molar-refractivity contribution in [1.29, 1.82) is 0 Å². The van der Waals surface area contributed by atoms with Crippen molar-refractivity contribution in [3.05, 3.63) is 35.4 Å². The van der Waals surface area contributed by atoms with Crippen LogP contribution < -0.4 is 5.32 Å². The molecule has 1 atom stereocenters. The van der Waals surface area contributed by atoms with E-state index in [2.05, 4.69) is 50.4 Å². The van der Waals surface area contributed by atoms with Crippen LogP contribution in [-0.4, -0.2) is 5.91 Å². The second kappa shape index (κ2) is 5.55. The summed E-state index contributed by atoms with van der Waals surface area (Å²) in [4.78, 5) is 11.9. The Morgan fingerprint density at radius 1 is 1.28 bits per heavy atom. The van der Waals surface area contributed by atoms with Crippen LogP contribution in [0.1, 0.15) is 50.3 Å². The molecular formula is C16H23NO. The largest absolute Gasteiger partial charge is 0.349 e. The minimum Gasteiger partial charge on any atom is -0.349 e. The third kappa shape index (κ3) is 3.59.